The van der Waals surface area contributed by atoms with E-state index in [-0.39, 0.29) is 5.82 Å². The van der Waals surface area contributed by atoms with E-state index in [2.05, 4.69) is 4.98 Å². The Hall–Kier alpha value is -2.13. The van der Waals surface area contributed by atoms with Gasteiger partial charge in [-0.3, -0.25) is 0 Å². The number of nitrogens with one attached hydrogen (secondary N) is 1. The molecule has 3 rings (SSSR count). The molecule has 2 aromatic carbocycles. The van der Waals surface area contributed by atoms with E-state index in [9.17, 15) is 9.50 Å². The van der Waals surface area contributed by atoms with Crippen molar-refractivity contribution in [3.8, 4) is 0 Å². The lowest BCUT2D eigenvalue weighted by molar-refractivity contribution is 0.219. The molecule has 1 unspecified atom stereocenters. The maximum absolute atomic E-state index is 13.3. The van der Waals surface area contributed by atoms with Crippen molar-refractivity contribution in [1.29, 1.82) is 0 Å². The minimum atomic E-state index is -0.810. The highest BCUT2D eigenvalue weighted by atomic mass is 19.1. The van der Waals surface area contributed by atoms with Gasteiger partial charge in [-0.15, -0.1) is 0 Å². The van der Waals surface area contributed by atoms with Crippen molar-refractivity contribution in [2.75, 3.05) is 0 Å². The second-order valence-corrected chi connectivity index (χ2v) is 4.73. The number of aliphatic hydroxyl groups excluding tert-OH is 1. The van der Waals surface area contributed by atoms with Crippen LogP contribution in [0, 0.1) is 12.7 Å². The molecule has 0 fully saturated rings. The molecule has 1 aromatic heterocycles. The van der Waals surface area contributed by atoms with E-state index < -0.39 is 6.10 Å². The molecule has 0 aliphatic rings. The number of hydrogen-bond donors (Lipinski definition) is 2. The predicted molar refractivity (Wildman–Crippen MR) is 73.5 cm³/mol. The predicted octanol–water partition coefficient (Wildman–Crippen LogP) is 3.70. The summed E-state index contributed by atoms with van der Waals surface area (Å²) in [6.07, 6.45) is 1.05. The minimum Gasteiger partial charge on any atom is -0.384 e. The summed E-state index contributed by atoms with van der Waals surface area (Å²) >= 11 is 0. The summed E-state index contributed by atoms with van der Waals surface area (Å²) < 4.78 is 13.3. The van der Waals surface area contributed by atoms with Gasteiger partial charge in [-0.05, 0) is 59.3 Å². The highest BCUT2D eigenvalue weighted by molar-refractivity contribution is 5.80. The normalized spacial score (nSPS) is 12.8. The standard InChI is InChI=1S/C16H14FNO/c1-10-2-4-13(17)9-14(10)16(19)12-3-5-15-11(8-12)6-7-18-15/h2-9,16,18-19H,1H3. The smallest absolute Gasteiger partial charge is 0.123 e. The minimum absolute atomic E-state index is 0.331. The summed E-state index contributed by atoms with van der Waals surface area (Å²) in [5.41, 5.74) is 3.27. The Morgan fingerprint density at radius 1 is 1.11 bits per heavy atom. The Morgan fingerprint density at radius 2 is 1.95 bits per heavy atom. The van der Waals surface area contributed by atoms with Gasteiger partial charge in [-0.2, -0.15) is 0 Å². The van der Waals surface area contributed by atoms with Crippen molar-refractivity contribution in [2.45, 2.75) is 13.0 Å². The van der Waals surface area contributed by atoms with Crippen molar-refractivity contribution in [3.05, 3.63) is 71.2 Å². The molecule has 0 aliphatic carbocycles. The first-order chi connectivity index (χ1) is 9.15. The molecule has 0 saturated carbocycles. The van der Waals surface area contributed by atoms with Gasteiger partial charge in [0.15, 0.2) is 0 Å². The molecule has 0 spiro atoms. The first kappa shape index (κ1) is 11.9. The first-order valence-corrected chi connectivity index (χ1v) is 6.16. The Kier molecular flexibility index (Phi) is 2.84. The zero-order valence-corrected chi connectivity index (χ0v) is 10.5. The molecule has 3 heteroatoms. The summed E-state index contributed by atoms with van der Waals surface area (Å²) in [6, 6.07) is 12.1. The molecule has 0 aliphatic heterocycles. The molecule has 0 saturated heterocycles. The Morgan fingerprint density at radius 3 is 2.79 bits per heavy atom. The van der Waals surface area contributed by atoms with Crippen molar-refractivity contribution < 1.29 is 9.50 Å². The second-order valence-electron chi connectivity index (χ2n) is 4.73. The van der Waals surface area contributed by atoms with Gasteiger partial charge < -0.3 is 10.1 Å². The second kappa shape index (κ2) is 4.52. The van der Waals surface area contributed by atoms with Gasteiger partial charge in [0.25, 0.3) is 0 Å². The number of aromatic nitrogens is 1. The molecule has 1 heterocycles. The molecule has 19 heavy (non-hydrogen) atoms. The maximum Gasteiger partial charge on any atom is 0.123 e. The molecule has 1 atom stereocenters. The Bertz CT molecular complexity index is 732. The van der Waals surface area contributed by atoms with Gasteiger partial charge in [0.05, 0.1) is 0 Å². The number of H-pyrrole nitrogens is 1. The van der Waals surface area contributed by atoms with Gasteiger partial charge >= 0.3 is 0 Å². The van der Waals surface area contributed by atoms with Crippen molar-refractivity contribution in [2.24, 2.45) is 0 Å². The van der Waals surface area contributed by atoms with Crippen molar-refractivity contribution >= 4 is 10.9 Å². The van der Waals surface area contributed by atoms with Crippen LogP contribution in [0.25, 0.3) is 10.9 Å². The number of aliphatic hydroxyl groups is 1. The molecule has 2 N–H and O–H groups in total. The van der Waals surface area contributed by atoms with Crippen molar-refractivity contribution in [1.82, 2.24) is 4.98 Å². The van der Waals surface area contributed by atoms with Gasteiger partial charge in [0, 0.05) is 11.7 Å². The third kappa shape index (κ3) is 2.13. The molecule has 3 aromatic rings. The third-order valence-corrected chi connectivity index (χ3v) is 3.43. The zero-order chi connectivity index (χ0) is 13.4. The summed E-state index contributed by atoms with van der Waals surface area (Å²) in [5, 5.41) is 11.5. The van der Waals surface area contributed by atoms with Crippen molar-refractivity contribution in [3.63, 3.8) is 0 Å². The van der Waals surface area contributed by atoms with Crippen LogP contribution in [0.4, 0.5) is 4.39 Å². The van der Waals surface area contributed by atoms with Crippen LogP contribution in [0.1, 0.15) is 22.8 Å². The number of aromatic amines is 1. The number of halogens is 1. The van der Waals surface area contributed by atoms with E-state index in [1.165, 1.54) is 12.1 Å². The van der Waals surface area contributed by atoms with E-state index in [0.29, 0.717) is 5.56 Å². The SMILES string of the molecule is Cc1ccc(F)cc1C(O)c1ccc2[nH]ccc2c1. The number of hydrogen-bond acceptors (Lipinski definition) is 1. The Labute approximate surface area is 110 Å². The van der Waals surface area contributed by atoms with Crippen LogP contribution in [0.5, 0.6) is 0 Å². The molecular formula is C16H14FNO. The largest absolute Gasteiger partial charge is 0.384 e. The van der Waals surface area contributed by atoms with E-state index >= 15 is 0 Å². The van der Waals surface area contributed by atoms with E-state index in [1.807, 2.05) is 37.4 Å². The number of fused-ring (bicyclic) bond motifs is 1. The van der Waals surface area contributed by atoms with Crippen LogP contribution in [-0.2, 0) is 0 Å². The van der Waals surface area contributed by atoms with Gasteiger partial charge in [0.1, 0.15) is 11.9 Å². The number of benzene rings is 2. The van der Waals surface area contributed by atoms with E-state index in [1.54, 1.807) is 6.07 Å². The third-order valence-electron chi connectivity index (χ3n) is 3.43. The van der Waals surface area contributed by atoms with Crippen LogP contribution in [0.15, 0.2) is 48.7 Å². The molecule has 0 bridgehead atoms. The quantitative estimate of drug-likeness (QED) is 0.719. The van der Waals surface area contributed by atoms with E-state index in [0.717, 1.165) is 22.0 Å². The summed E-state index contributed by atoms with van der Waals surface area (Å²) in [5.74, 6) is -0.331. The van der Waals surface area contributed by atoms with Gasteiger partial charge in [0.2, 0.25) is 0 Å². The summed E-state index contributed by atoms with van der Waals surface area (Å²) in [6.45, 7) is 1.87. The van der Waals surface area contributed by atoms with Crippen LogP contribution < -0.4 is 0 Å². The molecule has 96 valence electrons. The molecule has 0 amide bonds. The summed E-state index contributed by atoms with van der Waals surface area (Å²) in [4.78, 5) is 3.10. The number of rotatable bonds is 2. The molecule has 0 radical (unpaired) electrons. The Balaban J connectivity index is 2.07. The fourth-order valence-electron chi connectivity index (χ4n) is 2.33. The average Bonchev–Trinajstić information content (AvgIpc) is 2.88. The van der Waals surface area contributed by atoms with Crippen LogP contribution in [0.3, 0.4) is 0 Å². The summed E-state index contributed by atoms with van der Waals surface area (Å²) in [7, 11) is 0. The highest BCUT2D eigenvalue weighted by Gasteiger charge is 2.14. The van der Waals surface area contributed by atoms with Crippen LogP contribution >= 0.6 is 0 Å². The van der Waals surface area contributed by atoms with Gasteiger partial charge in [-0.25, -0.2) is 4.39 Å². The average molecular weight is 255 g/mol. The highest BCUT2D eigenvalue weighted by Crippen LogP contribution is 2.27. The van der Waals surface area contributed by atoms with Gasteiger partial charge in [-0.1, -0.05) is 12.1 Å². The zero-order valence-electron chi connectivity index (χ0n) is 10.5. The first-order valence-electron chi connectivity index (χ1n) is 6.16. The lowest BCUT2D eigenvalue weighted by Gasteiger charge is -2.14. The maximum atomic E-state index is 13.3. The van der Waals surface area contributed by atoms with E-state index in [4.69, 9.17) is 0 Å². The lowest BCUT2D eigenvalue weighted by atomic mass is 9.96. The monoisotopic (exact) mass is 255 g/mol. The number of aryl methyl sites for hydroxylation is 1. The van der Waals surface area contributed by atoms with Crippen LogP contribution in [-0.4, -0.2) is 10.1 Å². The van der Waals surface area contributed by atoms with Crippen LogP contribution in [0.2, 0.25) is 0 Å². The topological polar surface area (TPSA) is 36.0 Å². The fraction of sp³-hybridized carbons (Fsp3) is 0.125. The fourth-order valence-corrected chi connectivity index (χ4v) is 2.33. The lowest BCUT2D eigenvalue weighted by Crippen LogP contribution is -2.02. The molecular weight excluding hydrogens is 241 g/mol. The molecule has 2 nitrogen and oxygen atoms in total.